The minimum absolute atomic E-state index is 0.552. The molecule has 4 N–H and O–H groups in total. The second-order valence-corrected chi connectivity index (χ2v) is 7.16. The molecule has 0 bridgehead atoms. The molecule has 1 aromatic carbocycles. The molecule has 0 amide bonds. The van der Waals surface area contributed by atoms with E-state index in [-0.39, 0.29) is 0 Å². The third kappa shape index (κ3) is 4.72. The molecule has 0 aliphatic rings. The Morgan fingerprint density at radius 2 is 2.06 bits per heavy atom. The van der Waals surface area contributed by atoms with Crippen molar-refractivity contribution in [2.75, 3.05) is 18.1 Å². The number of nitrogens with two attached hydrogens (primary N) is 1. The van der Waals surface area contributed by atoms with Crippen LogP contribution in [0.25, 0.3) is 11.3 Å². The van der Waals surface area contributed by atoms with Crippen molar-refractivity contribution in [3.63, 3.8) is 0 Å². The molecule has 0 saturated heterocycles. The lowest BCUT2D eigenvalue weighted by molar-refractivity contribution is 0.864. The lowest BCUT2D eigenvalue weighted by Crippen LogP contribution is -2.13. The number of fused-ring (bicyclic) bond motifs is 1. The molecule has 0 fully saturated rings. The van der Waals surface area contributed by atoms with Crippen LogP contribution in [-0.4, -0.2) is 27.6 Å². The Bertz CT molecular complexity index is 1230. The van der Waals surface area contributed by atoms with Gasteiger partial charge in [0.1, 0.15) is 5.65 Å². The van der Waals surface area contributed by atoms with Crippen LogP contribution < -0.4 is 16.4 Å². The SMILES string of the molecule is C=C(NCc1cn2cc(NCc3cccnc3)ccc2n1)c1cccc(N)c1/C=N\C. The molecule has 7 heteroatoms. The number of anilines is 2. The summed E-state index contributed by atoms with van der Waals surface area (Å²) in [4.78, 5) is 12.9. The van der Waals surface area contributed by atoms with Crippen LogP contribution in [0.4, 0.5) is 11.4 Å². The lowest BCUT2D eigenvalue weighted by Gasteiger charge is -2.12. The van der Waals surface area contributed by atoms with Gasteiger partial charge in [-0.3, -0.25) is 9.98 Å². The molecule has 7 nitrogen and oxygen atoms in total. The Kier molecular flexibility index (Phi) is 5.93. The Balaban J connectivity index is 1.43. The van der Waals surface area contributed by atoms with Crippen LogP contribution >= 0.6 is 0 Å². The van der Waals surface area contributed by atoms with E-state index in [9.17, 15) is 0 Å². The number of pyridine rings is 2. The molecule has 156 valence electrons. The van der Waals surface area contributed by atoms with Gasteiger partial charge in [0.15, 0.2) is 0 Å². The number of rotatable bonds is 8. The van der Waals surface area contributed by atoms with Gasteiger partial charge in [-0.15, -0.1) is 0 Å². The Morgan fingerprint density at radius 3 is 2.87 bits per heavy atom. The molecule has 4 rings (SSSR count). The summed E-state index contributed by atoms with van der Waals surface area (Å²) in [5.74, 6) is 0. The maximum atomic E-state index is 6.09. The number of aliphatic imine (C=N–C) groups is 1. The first-order valence-electron chi connectivity index (χ1n) is 9.98. The van der Waals surface area contributed by atoms with Gasteiger partial charge in [-0.25, -0.2) is 4.98 Å². The van der Waals surface area contributed by atoms with Crippen molar-refractivity contribution in [1.29, 1.82) is 0 Å². The van der Waals surface area contributed by atoms with Gasteiger partial charge >= 0.3 is 0 Å². The van der Waals surface area contributed by atoms with Crippen LogP contribution in [0.5, 0.6) is 0 Å². The number of nitrogens with zero attached hydrogens (tertiary/aromatic N) is 4. The Labute approximate surface area is 181 Å². The fourth-order valence-corrected chi connectivity index (χ4v) is 3.35. The van der Waals surface area contributed by atoms with Gasteiger partial charge in [0.25, 0.3) is 0 Å². The number of benzene rings is 1. The summed E-state index contributed by atoms with van der Waals surface area (Å²) in [6.07, 6.45) is 9.43. The summed E-state index contributed by atoms with van der Waals surface area (Å²) >= 11 is 0. The second-order valence-electron chi connectivity index (χ2n) is 7.16. The standard InChI is InChI=1S/C24H25N7/c1-17(21-6-3-7-23(25)22(21)14-26-2)28-13-20-16-31-15-19(8-9-24(31)30-20)29-12-18-5-4-10-27-11-18/h3-11,14-16,28-29H,1,12-13,25H2,2H3/b26-14-. The lowest BCUT2D eigenvalue weighted by atomic mass is 10.0. The van der Waals surface area contributed by atoms with E-state index in [0.29, 0.717) is 18.8 Å². The second kappa shape index (κ2) is 9.13. The van der Waals surface area contributed by atoms with E-state index in [1.165, 1.54) is 0 Å². The molecule has 0 unspecified atom stereocenters. The minimum Gasteiger partial charge on any atom is -0.398 e. The fraction of sp³-hybridized carbons (Fsp3) is 0.125. The molecule has 0 radical (unpaired) electrons. The predicted octanol–water partition coefficient (Wildman–Crippen LogP) is 3.73. The average Bonchev–Trinajstić information content (AvgIpc) is 3.20. The van der Waals surface area contributed by atoms with Crippen molar-refractivity contribution in [3.8, 4) is 0 Å². The van der Waals surface area contributed by atoms with Crippen molar-refractivity contribution in [2.24, 2.45) is 4.99 Å². The van der Waals surface area contributed by atoms with Crippen molar-refractivity contribution >= 4 is 28.9 Å². The van der Waals surface area contributed by atoms with Crippen molar-refractivity contribution in [3.05, 3.63) is 96.2 Å². The first-order valence-corrected chi connectivity index (χ1v) is 9.98. The number of nitrogens with one attached hydrogen (secondary N) is 2. The van der Waals surface area contributed by atoms with E-state index in [0.717, 1.165) is 39.4 Å². The topological polar surface area (TPSA) is 92.6 Å². The van der Waals surface area contributed by atoms with Crippen LogP contribution in [0.1, 0.15) is 22.4 Å². The highest BCUT2D eigenvalue weighted by atomic mass is 15.0. The van der Waals surface area contributed by atoms with Gasteiger partial charge in [0, 0.05) is 67.1 Å². The molecule has 4 aromatic rings. The van der Waals surface area contributed by atoms with E-state index >= 15 is 0 Å². The molecule has 3 heterocycles. The van der Waals surface area contributed by atoms with Gasteiger partial charge in [-0.2, -0.15) is 0 Å². The number of aromatic nitrogens is 3. The zero-order valence-corrected chi connectivity index (χ0v) is 17.4. The monoisotopic (exact) mass is 411 g/mol. The van der Waals surface area contributed by atoms with Gasteiger partial charge < -0.3 is 20.8 Å². The molecule has 0 aliphatic carbocycles. The maximum Gasteiger partial charge on any atom is 0.137 e. The fourth-order valence-electron chi connectivity index (χ4n) is 3.35. The Morgan fingerprint density at radius 1 is 1.16 bits per heavy atom. The molecule has 0 atom stereocenters. The first kappa shape index (κ1) is 20.2. The zero-order valence-electron chi connectivity index (χ0n) is 17.4. The highest BCUT2D eigenvalue weighted by Crippen LogP contribution is 2.21. The van der Waals surface area contributed by atoms with Gasteiger partial charge in [-0.05, 0) is 29.8 Å². The largest absolute Gasteiger partial charge is 0.398 e. The van der Waals surface area contributed by atoms with E-state index in [1.807, 2.05) is 65.5 Å². The molecule has 0 aliphatic heterocycles. The average molecular weight is 412 g/mol. The summed E-state index contributed by atoms with van der Waals surface area (Å²) in [5.41, 5.74) is 13.3. The number of nitrogen functional groups attached to an aromatic ring is 1. The normalized spacial score (nSPS) is 11.1. The highest BCUT2D eigenvalue weighted by molar-refractivity contribution is 5.93. The third-order valence-electron chi connectivity index (χ3n) is 4.93. The van der Waals surface area contributed by atoms with Gasteiger partial charge in [-0.1, -0.05) is 24.8 Å². The minimum atomic E-state index is 0.552. The van der Waals surface area contributed by atoms with Crippen LogP contribution in [0, 0.1) is 0 Å². The molecule has 31 heavy (non-hydrogen) atoms. The molecular formula is C24H25N7. The van der Waals surface area contributed by atoms with Gasteiger partial charge in [0.05, 0.1) is 17.9 Å². The van der Waals surface area contributed by atoms with Crippen LogP contribution in [0.3, 0.4) is 0 Å². The third-order valence-corrected chi connectivity index (χ3v) is 4.93. The van der Waals surface area contributed by atoms with Crippen molar-refractivity contribution in [2.45, 2.75) is 13.1 Å². The van der Waals surface area contributed by atoms with Crippen LogP contribution in [0.2, 0.25) is 0 Å². The molecule has 0 saturated carbocycles. The number of hydrogen-bond acceptors (Lipinski definition) is 6. The quantitative estimate of drug-likeness (QED) is 0.303. The summed E-state index contributed by atoms with van der Waals surface area (Å²) in [6, 6.07) is 13.8. The van der Waals surface area contributed by atoms with E-state index in [1.54, 1.807) is 19.5 Å². The summed E-state index contributed by atoms with van der Waals surface area (Å²) in [5, 5.41) is 6.77. The summed E-state index contributed by atoms with van der Waals surface area (Å²) in [6.45, 7) is 5.43. The molecule has 0 spiro atoms. The number of imidazole rings is 1. The first-order chi connectivity index (χ1) is 15.1. The van der Waals surface area contributed by atoms with Gasteiger partial charge in [0.2, 0.25) is 0 Å². The van der Waals surface area contributed by atoms with E-state index < -0.39 is 0 Å². The number of hydrogen-bond donors (Lipinski definition) is 3. The zero-order chi connectivity index (χ0) is 21.6. The molecule has 3 aromatic heterocycles. The smallest absolute Gasteiger partial charge is 0.137 e. The maximum absolute atomic E-state index is 6.09. The van der Waals surface area contributed by atoms with Crippen molar-refractivity contribution < 1.29 is 0 Å². The molecular weight excluding hydrogens is 386 g/mol. The Hall–Kier alpha value is -4.13. The van der Waals surface area contributed by atoms with Crippen molar-refractivity contribution in [1.82, 2.24) is 19.7 Å². The van der Waals surface area contributed by atoms with Crippen LogP contribution in [0.15, 0.2) is 78.8 Å². The van der Waals surface area contributed by atoms with E-state index in [4.69, 9.17) is 5.73 Å². The highest BCUT2D eigenvalue weighted by Gasteiger charge is 2.09. The summed E-state index contributed by atoms with van der Waals surface area (Å²) < 4.78 is 2.01. The van der Waals surface area contributed by atoms with Crippen LogP contribution in [-0.2, 0) is 13.1 Å². The summed E-state index contributed by atoms with van der Waals surface area (Å²) in [7, 11) is 1.73. The van der Waals surface area contributed by atoms with E-state index in [2.05, 4.69) is 32.2 Å². The predicted molar refractivity (Wildman–Crippen MR) is 127 cm³/mol.